The van der Waals surface area contributed by atoms with Gasteiger partial charge in [-0.25, -0.2) is 9.97 Å². The lowest BCUT2D eigenvalue weighted by atomic mass is 10.1. The van der Waals surface area contributed by atoms with Gasteiger partial charge in [-0.2, -0.15) is 0 Å². The van der Waals surface area contributed by atoms with Gasteiger partial charge < -0.3 is 26.0 Å². The molecule has 0 aliphatic heterocycles. The maximum Gasteiger partial charge on any atom is 0.191 e. The summed E-state index contributed by atoms with van der Waals surface area (Å²) < 4.78 is 5.50. The smallest absolute Gasteiger partial charge is 0.191 e. The highest BCUT2D eigenvalue weighted by Crippen LogP contribution is 2.32. The van der Waals surface area contributed by atoms with Gasteiger partial charge >= 0.3 is 0 Å². The normalized spacial score (nSPS) is 23.8. The van der Waals surface area contributed by atoms with Crippen LogP contribution in [0.3, 0.4) is 0 Å². The van der Waals surface area contributed by atoms with Crippen LogP contribution in [0.1, 0.15) is 40.0 Å². The van der Waals surface area contributed by atoms with E-state index in [4.69, 9.17) is 22.1 Å². The molecule has 1 aliphatic rings. The van der Waals surface area contributed by atoms with Crippen molar-refractivity contribution >= 4 is 34.9 Å². The zero-order chi connectivity index (χ0) is 18.6. The fraction of sp³-hybridized carbons (Fsp3) is 0.750. The van der Waals surface area contributed by atoms with Crippen molar-refractivity contribution in [3.8, 4) is 0 Å². The van der Waals surface area contributed by atoms with Crippen LogP contribution in [-0.4, -0.2) is 50.5 Å². The zero-order valence-corrected chi connectivity index (χ0v) is 16.4. The Morgan fingerprint density at radius 2 is 2.12 bits per heavy atom. The molecule has 1 aromatic rings. The number of aliphatic hydroxyl groups is 2. The van der Waals surface area contributed by atoms with Crippen molar-refractivity contribution in [1.82, 2.24) is 9.97 Å². The Morgan fingerprint density at radius 1 is 1.40 bits per heavy atom. The van der Waals surface area contributed by atoms with Gasteiger partial charge in [0.05, 0.1) is 12.2 Å². The Balaban J connectivity index is 1.96. The molecule has 0 unspecified atom stereocenters. The number of hydrogen-bond acceptors (Lipinski definition) is 8. The van der Waals surface area contributed by atoms with E-state index in [1.54, 1.807) is 13.8 Å². The summed E-state index contributed by atoms with van der Waals surface area (Å²) in [5.74, 6) is 0.344. The third-order valence-corrected chi connectivity index (χ3v) is 5.22. The van der Waals surface area contributed by atoms with Crippen LogP contribution in [0.15, 0.2) is 5.16 Å². The molecule has 7 nitrogen and oxygen atoms in total. The molecule has 0 radical (unpaired) electrons. The number of nitrogens with zero attached hydrogens (tertiary/aromatic N) is 2. The Hall–Kier alpha value is -0.800. The van der Waals surface area contributed by atoms with Crippen molar-refractivity contribution in [2.24, 2.45) is 5.92 Å². The molecule has 142 valence electrons. The molecule has 0 bridgehead atoms. The van der Waals surface area contributed by atoms with E-state index >= 15 is 0 Å². The monoisotopic (exact) mass is 390 g/mol. The van der Waals surface area contributed by atoms with Gasteiger partial charge in [-0.15, -0.1) is 0 Å². The molecule has 0 aromatic carbocycles. The third-order valence-electron chi connectivity index (χ3n) is 3.88. The number of ether oxygens (including phenoxy) is 1. The summed E-state index contributed by atoms with van der Waals surface area (Å²) in [6.07, 6.45) is 1.27. The summed E-state index contributed by atoms with van der Waals surface area (Å²) in [5.41, 5.74) is 6.29. The number of nitrogens with one attached hydrogen (secondary N) is 1. The van der Waals surface area contributed by atoms with Crippen LogP contribution < -0.4 is 11.1 Å². The summed E-state index contributed by atoms with van der Waals surface area (Å²) in [6, 6.07) is 0. The average molecular weight is 391 g/mol. The molecule has 0 saturated heterocycles. The minimum Gasteiger partial charge on any atom is -0.393 e. The van der Waals surface area contributed by atoms with Crippen molar-refractivity contribution in [2.75, 3.05) is 23.3 Å². The van der Waals surface area contributed by atoms with Crippen LogP contribution in [0.4, 0.5) is 11.5 Å². The molecule has 1 aliphatic carbocycles. The van der Waals surface area contributed by atoms with E-state index in [0.717, 1.165) is 12.2 Å². The van der Waals surface area contributed by atoms with Gasteiger partial charge in [0.25, 0.3) is 0 Å². The minimum absolute atomic E-state index is 0.183. The molecule has 25 heavy (non-hydrogen) atoms. The Morgan fingerprint density at radius 3 is 2.76 bits per heavy atom. The van der Waals surface area contributed by atoms with E-state index in [1.807, 2.05) is 0 Å². The van der Waals surface area contributed by atoms with E-state index in [-0.39, 0.29) is 17.2 Å². The summed E-state index contributed by atoms with van der Waals surface area (Å²) in [7, 11) is 0. The predicted molar refractivity (Wildman–Crippen MR) is 101 cm³/mol. The van der Waals surface area contributed by atoms with Crippen LogP contribution >= 0.6 is 23.4 Å². The van der Waals surface area contributed by atoms with Gasteiger partial charge in [0, 0.05) is 12.3 Å². The molecule has 1 aromatic heterocycles. The lowest BCUT2D eigenvalue weighted by molar-refractivity contribution is -0.219. The molecular formula is C16H27ClN4O3S. The standard InChI is InChI=1S/C16H27ClN4O3S/c1-4-5-25-15-20-13(17)12(18)14(21-15)19-8-9-6-10(22)11(7-9)24-16(2,3)23/h9-11,22-23H,4-8,18H2,1-3H3,(H,19,20,21)/t9-,10+,11+/m1/s1. The van der Waals surface area contributed by atoms with Crippen molar-refractivity contribution in [3.63, 3.8) is 0 Å². The Labute approximate surface area is 157 Å². The lowest BCUT2D eigenvalue weighted by Crippen LogP contribution is -2.34. The first-order valence-electron chi connectivity index (χ1n) is 8.47. The van der Waals surface area contributed by atoms with E-state index in [9.17, 15) is 10.2 Å². The number of rotatable bonds is 8. The van der Waals surface area contributed by atoms with Crippen LogP contribution in [0.5, 0.6) is 0 Å². The predicted octanol–water partition coefficient (Wildman–Crippen LogP) is 2.51. The first-order chi connectivity index (χ1) is 11.7. The summed E-state index contributed by atoms with van der Waals surface area (Å²) in [6.45, 7) is 5.79. The van der Waals surface area contributed by atoms with Crippen molar-refractivity contribution < 1.29 is 14.9 Å². The van der Waals surface area contributed by atoms with Gasteiger partial charge in [0.1, 0.15) is 5.69 Å². The summed E-state index contributed by atoms with van der Waals surface area (Å²) in [4.78, 5) is 8.61. The first-order valence-corrected chi connectivity index (χ1v) is 9.84. The fourth-order valence-corrected chi connectivity index (χ4v) is 3.71. The number of thioether (sulfide) groups is 1. The van der Waals surface area contributed by atoms with E-state index in [0.29, 0.717) is 36.0 Å². The van der Waals surface area contributed by atoms with Crippen LogP contribution in [0.25, 0.3) is 0 Å². The molecule has 9 heteroatoms. The second kappa shape index (κ2) is 8.73. The zero-order valence-electron chi connectivity index (χ0n) is 14.8. The Kier molecular flexibility index (Phi) is 7.16. The topological polar surface area (TPSA) is 114 Å². The molecule has 1 heterocycles. The number of anilines is 2. The molecule has 5 N–H and O–H groups in total. The fourth-order valence-electron chi connectivity index (χ4n) is 2.80. The average Bonchev–Trinajstić information content (AvgIpc) is 2.85. The van der Waals surface area contributed by atoms with Crippen LogP contribution in [-0.2, 0) is 4.74 Å². The first kappa shape index (κ1) is 20.5. The maximum atomic E-state index is 10.1. The molecule has 3 atom stereocenters. The number of halogens is 1. The number of hydrogen-bond donors (Lipinski definition) is 4. The summed E-state index contributed by atoms with van der Waals surface area (Å²) >= 11 is 7.63. The highest BCUT2D eigenvalue weighted by Gasteiger charge is 2.36. The third kappa shape index (κ3) is 6.14. The second-order valence-corrected chi connectivity index (χ2v) is 8.22. The number of aromatic nitrogens is 2. The molecule has 0 amide bonds. The van der Waals surface area contributed by atoms with Gasteiger partial charge in [0.2, 0.25) is 0 Å². The molecule has 2 rings (SSSR count). The minimum atomic E-state index is -1.26. The summed E-state index contributed by atoms with van der Waals surface area (Å²) in [5, 5.41) is 23.9. The lowest BCUT2D eigenvalue weighted by Gasteiger charge is -2.25. The van der Waals surface area contributed by atoms with Crippen LogP contribution in [0.2, 0.25) is 5.15 Å². The van der Waals surface area contributed by atoms with Crippen molar-refractivity contribution in [1.29, 1.82) is 0 Å². The van der Waals surface area contributed by atoms with Crippen molar-refractivity contribution in [3.05, 3.63) is 5.15 Å². The van der Waals surface area contributed by atoms with E-state index in [1.165, 1.54) is 11.8 Å². The second-order valence-electron chi connectivity index (χ2n) is 6.80. The number of nitrogen functional groups attached to an aromatic ring is 1. The van der Waals surface area contributed by atoms with Gasteiger partial charge in [-0.3, -0.25) is 0 Å². The van der Waals surface area contributed by atoms with Crippen LogP contribution in [0, 0.1) is 5.92 Å². The Bertz CT molecular complexity index is 585. The quantitative estimate of drug-likeness (QED) is 0.232. The maximum absolute atomic E-state index is 10.1. The van der Waals surface area contributed by atoms with Gasteiger partial charge in [0.15, 0.2) is 21.9 Å². The molecular weight excluding hydrogens is 364 g/mol. The van der Waals surface area contributed by atoms with Gasteiger partial charge in [-0.1, -0.05) is 30.3 Å². The van der Waals surface area contributed by atoms with E-state index in [2.05, 4.69) is 22.2 Å². The number of aliphatic hydroxyl groups excluding tert-OH is 1. The largest absolute Gasteiger partial charge is 0.393 e. The number of nitrogens with two attached hydrogens (primary N) is 1. The molecule has 1 saturated carbocycles. The molecule has 0 spiro atoms. The molecule has 1 fully saturated rings. The van der Waals surface area contributed by atoms with Gasteiger partial charge in [-0.05, 0) is 39.0 Å². The van der Waals surface area contributed by atoms with E-state index < -0.39 is 11.9 Å². The SMILES string of the molecule is CCCSc1nc(Cl)c(N)c(NC[C@H]2C[C@H](OC(C)(C)O)[C@@H](O)C2)n1. The van der Waals surface area contributed by atoms with Crippen molar-refractivity contribution in [2.45, 2.75) is 63.2 Å². The highest BCUT2D eigenvalue weighted by molar-refractivity contribution is 7.99. The highest BCUT2D eigenvalue weighted by atomic mass is 35.5.